The normalized spacial score (nSPS) is 14.6. The first kappa shape index (κ1) is 17.0. The zero-order valence-corrected chi connectivity index (χ0v) is 14.4. The van der Waals surface area contributed by atoms with Crippen molar-refractivity contribution in [2.75, 3.05) is 32.1 Å². The van der Waals surface area contributed by atoms with Gasteiger partial charge in [0.1, 0.15) is 11.5 Å². The number of imidazole rings is 1. The average molecular weight is 344 g/mol. The Bertz CT molecular complexity index is 884. The summed E-state index contributed by atoms with van der Waals surface area (Å²) in [6.45, 7) is 2.01. The summed E-state index contributed by atoms with van der Waals surface area (Å²) < 4.78 is 6.75. The zero-order valence-electron chi connectivity index (χ0n) is 14.4. The Hall–Kier alpha value is -2.87. The van der Waals surface area contributed by atoms with Gasteiger partial charge in [0.05, 0.1) is 36.9 Å². The van der Waals surface area contributed by atoms with Crippen LogP contribution in [0.2, 0.25) is 0 Å². The van der Waals surface area contributed by atoms with Gasteiger partial charge in [0.2, 0.25) is 0 Å². The molecule has 0 spiro atoms. The monoisotopic (exact) mass is 344 g/mol. The first-order valence-electron chi connectivity index (χ1n) is 7.88. The third-order valence-electron chi connectivity index (χ3n) is 4.33. The number of carbonyl (C=O) groups is 2. The van der Waals surface area contributed by atoms with Crippen LogP contribution in [0.3, 0.4) is 0 Å². The molecule has 0 aliphatic carbocycles. The number of benzene rings is 1. The van der Waals surface area contributed by atoms with Crippen molar-refractivity contribution in [3.8, 4) is 0 Å². The summed E-state index contributed by atoms with van der Waals surface area (Å²) >= 11 is 0. The molecule has 0 saturated heterocycles. The van der Waals surface area contributed by atoms with Gasteiger partial charge in [-0.25, -0.2) is 9.78 Å². The number of aliphatic hydroxyl groups excluding tert-OH is 1. The second-order valence-corrected chi connectivity index (χ2v) is 5.84. The zero-order chi connectivity index (χ0) is 18.1. The maximum absolute atomic E-state index is 12.5. The van der Waals surface area contributed by atoms with E-state index in [9.17, 15) is 9.59 Å². The van der Waals surface area contributed by atoms with E-state index in [-0.39, 0.29) is 36.9 Å². The number of amides is 1. The van der Waals surface area contributed by atoms with Gasteiger partial charge in [-0.05, 0) is 25.1 Å². The van der Waals surface area contributed by atoms with Crippen molar-refractivity contribution in [3.05, 3.63) is 35.3 Å². The highest BCUT2D eigenvalue weighted by Crippen LogP contribution is 2.25. The lowest BCUT2D eigenvalue weighted by Gasteiger charge is -2.15. The molecule has 1 amide bonds. The van der Waals surface area contributed by atoms with E-state index in [4.69, 9.17) is 9.84 Å². The molecule has 3 rings (SSSR count). The maximum Gasteiger partial charge on any atom is 0.337 e. The Morgan fingerprint density at radius 2 is 2.20 bits per heavy atom. The van der Waals surface area contributed by atoms with E-state index in [0.717, 1.165) is 16.9 Å². The van der Waals surface area contributed by atoms with Gasteiger partial charge in [0.15, 0.2) is 0 Å². The molecule has 0 radical (unpaired) electrons. The van der Waals surface area contributed by atoms with Gasteiger partial charge in [0, 0.05) is 19.3 Å². The van der Waals surface area contributed by atoms with Crippen molar-refractivity contribution in [1.82, 2.24) is 14.5 Å². The van der Waals surface area contributed by atoms with Gasteiger partial charge in [-0.2, -0.15) is 0 Å². The van der Waals surface area contributed by atoms with E-state index in [0.29, 0.717) is 5.69 Å². The summed E-state index contributed by atoms with van der Waals surface area (Å²) in [5.74, 6) is -0.0227. The predicted molar refractivity (Wildman–Crippen MR) is 91.8 cm³/mol. The van der Waals surface area contributed by atoms with Crippen LogP contribution in [0.15, 0.2) is 29.5 Å². The molecular formula is C17H20N4O4. The number of methoxy groups -OCH3 is 1. The molecule has 0 bridgehead atoms. The molecule has 0 fully saturated rings. The molecule has 2 heterocycles. The summed E-state index contributed by atoms with van der Waals surface area (Å²) in [7, 11) is 3.21. The summed E-state index contributed by atoms with van der Waals surface area (Å²) in [5, 5.41) is 12.1. The van der Waals surface area contributed by atoms with E-state index < -0.39 is 5.97 Å². The van der Waals surface area contributed by atoms with Crippen LogP contribution in [0.1, 0.15) is 5.82 Å². The van der Waals surface area contributed by atoms with Crippen LogP contribution in [0.5, 0.6) is 0 Å². The lowest BCUT2D eigenvalue weighted by Crippen LogP contribution is -2.31. The number of esters is 1. The van der Waals surface area contributed by atoms with E-state index in [1.165, 1.54) is 12.0 Å². The van der Waals surface area contributed by atoms with Crippen molar-refractivity contribution < 1.29 is 19.4 Å². The molecule has 132 valence electrons. The van der Waals surface area contributed by atoms with Gasteiger partial charge >= 0.3 is 5.97 Å². The lowest BCUT2D eigenvalue weighted by atomic mass is 10.2. The number of rotatable bonds is 5. The second kappa shape index (κ2) is 6.56. The Morgan fingerprint density at radius 1 is 1.44 bits per heavy atom. The summed E-state index contributed by atoms with van der Waals surface area (Å²) in [6, 6.07) is 5.56. The van der Waals surface area contributed by atoms with Crippen LogP contribution in [0, 0.1) is 6.92 Å². The number of anilines is 1. The molecule has 1 aliphatic rings. The van der Waals surface area contributed by atoms with Crippen LogP contribution < -0.4 is 5.32 Å². The minimum absolute atomic E-state index is 0.110. The molecule has 25 heavy (non-hydrogen) atoms. The molecule has 0 atom stereocenters. The Kier molecular flexibility index (Phi) is 4.45. The summed E-state index contributed by atoms with van der Waals surface area (Å²) in [6.07, 6.45) is 0. The molecule has 2 aromatic rings. The molecule has 8 heteroatoms. The minimum Gasteiger partial charge on any atom is -0.466 e. The minimum atomic E-state index is -0.564. The van der Waals surface area contributed by atoms with Crippen molar-refractivity contribution in [3.63, 3.8) is 0 Å². The first-order chi connectivity index (χ1) is 12.0. The highest BCUT2D eigenvalue weighted by molar-refractivity contribution is 6.08. The summed E-state index contributed by atoms with van der Waals surface area (Å²) in [4.78, 5) is 30.4. The molecule has 0 saturated carbocycles. The van der Waals surface area contributed by atoms with Gasteiger partial charge in [0.25, 0.3) is 5.91 Å². The summed E-state index contributed by atoms with van der Waals surface area (Å²) in [5.41, 5.74) is 2.85. The molecule has 0 unspecified atom stereocenters. The number of hydrogen-bond donors (Lipinski definition) is 2. The van der Waals surface area contributed by atoms with Crippen molar-refractivity contribution in [1.29, 1.82) is 0 Å². The maximum atomic E-state index is 12.5. The van der Waals surface area contributed by atoms with Gasteiger partial charge in [-0.15, -0.1) is 0 Å². The van der Waals surface area contributed by atoms with Gasteiger partial charge < -0.3 is 24.6 Å². The smallest absolute Gasteiger partial charge is 0.337 e. The van der Waals surface area contributed by atoms with E-state index in [1.54, 1.807) is 0 Å². The average Bonchev–Trinajstić information content (AvgIpc) is 3.05. The van der Waals surface area contributed by atoms with Crippen molar-refractivity contribution >= 4 is 28.6 Å². The standard InChI is InChI=1S/C17H20N4O4/c1-10-18-13-8-11(4-5-14(13)20(10)2)19-15-12(17(24)25-3)9-21(6-7-22)16(15)23/h4-5,8,19,22H,6-7,9H2,1-3H3. The Morgan fingerprint density at radius 3 is 2.88 bits per heavy atom. The fraction of sp³-hybridized carbons (Fsp3) is 0.353. The van der Waals surface area contributed by atoms with Crippen molar-refractivity contribution in [2.24, 2.45) is 7.05 Å². The van der Waals surface area contributed by atoms with Crippen LogP contribution in [-0.2, 0) is 21.4 Å². The number of nitrogens with one attached hydrogen (secondary N) is 1. The number of aromatic nitrogens is 2. The quantitative estimate of drug-likeness (QED) is 0.769. The van der Waals surface area contributed by atoms with Crippen molar-refractivity contribution in [2.45, 2.75) is 6.92 Å². The third kappa shape index (κ3) is 2.96. The Balaban J connectivity index is 1.95. The second-order valence-electron chi connectivity index (χ2n) is 5.84. The van der Waals surface area contributed by atoms with E-state index in [1.807, 2.05) is 36.7 Å². The van der Waals surface area contributed by atoms with E-state index >= 15 is 0 Å². The molecule has 2 N–H and O–H groups in total. The topological polar surface area (TPSA) is 96.7 Å². The number of aryl methyl sites for hydroxylation is 2. The highest BCUT2D eigenvalue weighted by atomic mass is 16.5. The largest absolute Gasteiger partial charge is 0.466 e. The SMILES string of the molecule is COC(=O)C1=C(Nc2ccc3c(c2)nc(C)n3C)C(=O)N(CCO)C1. The number of carbonyl (C=O) groups excluding carboxylic acids is 2. The number of ether oxygens (including phenoxy) is 1. The van der Waals surface area contributed by atoms with E-state index in [2.05, 4.69) is 10.3 Å². The molecule has 1 aromatic heterocycles. The number of nitrogens with zero attached hydrogens (tertiary/aromatic N) is 3. The van der Waals surface area contributed by atoms with Crippen LogP contribution in [0.4, 0.5) is 5.69 Å². The van der Waals surface area contributed by atoms with Crippen LogP contribution in [-0.4, -0.2) is 58.2 Å². The highest BCUT2D eigenvalue weighted by Gasteiger charge is 2.34. The third-order valence-corrected chi connectivity index (χ3v) is 4.33. The number of hydrogen-bond acceptors (Lipinski definition) is 6. The number of aliphatic hydroxyl groups is 1. The fourth-order valence-corrected chi connectivity index (χ4v) is 2.89. The Labute approximate surface area is 144 Å². The van der Waals surface area contributed by atoms with Crippen LogP contribution in [0.25, 0.3) is 11.0 Å². The van der Waals surface area contributed by atoms with Gasteiger partial charge in [-0.1, -0.05) is 0 Å². The lowest BCUT2D eigenvalue weighted by molar-refractivity contribution is -0.136. The predicted octanol–water partition coefficient (Wildman–Crippen LogP) is 0.555. The number of fused-ring (bicyclic) bond motifs is 1. The first-order valence-corrected chi connectivity index (χ1v) is 7.88. The molecule has 1 aromatic carbocycles. The molecule has 1 aliphatic heterocycles. The van der Waals surface area contributed by atoms with Gasteiger partial charge in [-0.3, -0.25) is 4.79 Å². The molecular weight excluding hydrogens is 324 g/mol. The molecule has 8 nitrogen and oxygen atoms in total. The fourth-order valence-electron chi connectivity index (χ4n) is 2.89. The van der Waals surface area contributed by atoms with Crippen LogP contribution >= 0.6 is 0 Å². The number of β-amino-alcohol motifs (C(OH)–C–C–N with tert-alkyl or cyclic N) is 1.